The van der Waals surface area contributed by atoms with E-state index in [2.05, 4.69) is 4.74 Å². The van der Waals surface area contributed by atoms with Gasteiger partial charge in [0.25, 0.3) is 0 Å². The normalized spacial score (nSPS) is 12.4. The Hall–Kier alpha value is -1.01. The van der Waals surface area contributed by atoms with Gasteiger partial charge in [0.1, 0.15) is 5.75 Å². The van der Waals surface area contributed by atoms with Crippen LogP contribution in [0.25, 0.3) is 0 Å². The Morgan fingerprint density at radius 3 is 2.33 bits per heavy atom. The lowest BCUT2D eigenvalue weighted by Gasteiger charge is -2.13. The zero-order valence-electron chi connectivity index (χ0n) is 9.36. The van der Waals surface area contributed by atoms with Gasteiger partial charge in [-0.1, -0.05) is 12.1 Å². The molecular weight excluding hydrogens is 274 g/mol. The summed E-state index contributed by atoms with van der Waals surface area (Å²) in [6, 6.07) is 5.17. The molecule has 0 amide bonds. The van der Waals surface area contributed by atoms with Gasteiger partial charge in [0, 0.05) is 12.5 Å². The summed E-state index contributed by atoms with van der Waals surface area (Å²) < 4.78 is 52.1. The van der Waals surface area contributed by atoms with E-state index in [0.717, 1.165) is 0 Å². The van der Waals surface area contributed by atoms with Crippen LogP contribution in [0.2, 0.25) is 0 Å². The number of alkyl halides is 4. The second-order valence-electron chi connectivity index (χ2n) is 3.53. The van der Waals surface area contributed by atoms with E-state index >= 15 is 0 Å². The third-order valence-electron chi connectivity index (χ3n) is 2.21. The summed E-state index contributed by atoms with van der Waals surface area (Å²) in [5.74, 6) is -0.0232. The predicted molar refractivity (Wildman–Crippen MR) is 62.5 cm³/mol. The fourth-order valence-electron chi connectivity index (χ4n) is 1.39. The molecule has 1 atom stereocenters. The fraction of sp³-hybridized carbons (Fsp3) is 0.455. The first-order valence-electron chi connectivity index (χ1n) is 5.07. The van der Waals surface area contributed by atoms with E-state index in [-0.39, 0.29) is 31.0 Å². The minimum absolute atomic E-state index is 0. The summed E-state index contributed by atoms with van der Waals surface area (Å²) in [6.07, 6.45) is -2.64. The van der Waals surface area contributed by atoms with Gasteiger partial charge in [0.2, 0.25) is 6.43 Å². The number of benzene rings is 1. The predicted octanol–water partition coefficient (Wildman–Crippen LogP) is 3.75. The first kappa shape index (κ1) is 17.0. The van der Waals surface area contributed by atoms with Gasteiger partial charge in [-0.15, -0.1) is 12.4 Å². The smallest absolute Gasteiger partial charge is 0.387 e. The molecular formula is C11H14ClF4NO. The summed E-state index contributed by atoms with van der Waals surface area (Å²) in [7, 11) is 0. The highest BCUT2D eigenvalue weighted by molar-refractivity contribution is 5.85. The van der Waals surface area contributed by atoms with E-state index in [4.69, 9.17) is 5.73 Å². The molecule has 2 N–H and O–H groups in total. The molecule has 2 nitrogen and oxygen atoms in total. The summed E-state index contributed by atoms with van der Waals surface area (Å²) in [5.41, 5.74) is 6.17. The lowest BCUT2D eigenvalue weighted by Crippen LogP contribution is -2.12. The number of hydrogen-bond donors (Lipinski definition) is 1. The van der Waals surface area contributed by atoms with Crippen LogP contribution in [-0.2, 0) is 0 Å². The fourth-order valence-corrected chi connectivity index (χ4v) is 1.39. The first-order chi connectivity index (χ1) is 7.99. The zero-order valence-corrected chi connectivity index (χ0v) is 10.2. The van der Waals surface area contributed by atoms with Gasteiger partial charge in [0.05, 0.1) is 0 Å². The van der Waals surface area contributed by atoms with Crippen LogP contribution in [0.1, 0.15) is 24.4 Å². The molecule has 0 saturated heterocycles. The Morgan fingerprint density at radius 1 is 1.11 bits per heavy atom. The van der Waals surface area contributed by atoms with Crippen molar-refractivity contribution in [3.63, 3.8) is 0 Å². The molecule has 0 aliphatic rings. The summed E-state index contributed by atoms with van der Waals surface area (Å²) >= 11 is 0. The molecule has 7 heteroatoms. The van der Waals surface area contributed by atoms with Crippen molar-refractivity contribution in [1.29, 1.82) is 0 Å². The molecule has 0 radical (unpaired) electrons. The topological polar surface area (TPSA) is 35.2 Å². The molecule has 0 spiro atoms. The van der Waals surface area contributed by atoms with Gasteiger partial charge in [-0.05, 0) is 24.1 Å². The molecule has 0 saturated carbocycles. The molecule has 18 heavy (non-hydrogen) atoms. The van der Waals surface area contributed by atoms with Crippen LogP contribution in [0.5, 0.6) is 5.75 Å². The minimum atomic E-state index is -2.91. The lowest BCUT2D eigenvalue weighted by molar-refractivity contribution is -0.0499. The van der Waals surface area contributed by atoms with Crippen LogP contribution in [0, 0.1) is 0 Å². The maximum Gasteiger partial charge on any atom is 0.387 e. The molecule has 0 aromatic heterocycles. The van der Waals surface area contributed by atoms with E-state index in [1.165, 1.54) is 18.2 Å². The van der Waals surface area contributed by atoms with Crippen molar-refractivity contribution in [2.75, 3.05) is 0 Å². The van der Waals surface area contributed by atoms with Crippen molar-refractivity contribution in [3.8, 4) is 5.75 Å². The highest BCUT2D eigenvalue weighted by Crippen LogP contribution is 2.23. The average Bonchev–Trinajstić information content (AvgIpc) is 2.25. The van der Waals surface area contributed by atoms with Crippen molar-refractivity contribution in [2.24, 2.45) is 5.73 Å². The van der Waals surface area contributed by atoms with E-state index in [1.54, 1.807) is 6.07 Å². The number of ether oxygens (including phenoxy) is 1. The highest BCUT2D eigenvalue weighted by atomic mass is 35.5. The average molecular weight is 288 g/mol. The Balaban J connectivity index is 0.00000289. The number of rotatable bonds is 6. The largest absolute Gasteiger partial charge is 0.435 e. The van der Waals surface area contributed by atoms with Gasteiger partial charge < -0.3 is 10.5 Å². The Labute approximate surface area is 109 Å². The van der Waals surface area contributed by atoms with Gasteiger partial charge >= 0.3 is 6.61 Å². The van der Waals surface area contributed by atoms with Crippen LogP contribution in [-0.4, -0.2) is 13.0 Å². The van der Waals surface area contributed by atoms with Crippen molar-refractivity contribution < 1.29 is 22.3 Å². The van der Waals surface area contributed by atoms with Gasteiger partial charge in [-0.3, -0.25) is 0 Å². The van der Waals surface area contributed by atoms with Crippen LogP contribution >= 0.6 is 12.4 Å². The third-order valence-corrected chi connectivity index (χ3v) is 2.21. The van der Waals surface area contributed by atoms with Gasteiger partial charge in [-0.2, -0.15) is 8.78 Å². The second-order valence-corrected chi connectivity index (χ2v) is 3.53. The Kier molecular flexibility index (Phi) is 7.70. The maximum absolute atomic E-state index is 12.0. The molecule has 0 fully saturated rings. The summed E-state index contributed by atoms with van der Waals surface area (Å²) in [4.78, 5) is 0. The van der Waals surface area contributed by atoms with Gasteiger partial charge in [-0.25, -0.2) is 8.78 Å². The van der Waals surface area contributed by atoms with Crippen LogP contribution < -0.4 is 10.5 Å². The SMILES string of the molecule is Cl.NC(CCC(F)F)c1cccc(OC(F)F)c1. The quantitative estimate of drug-likeness (QED) is 0.809. The lowest BCUT2D eigenvalue weighted by atomic mass is 10.0. The molecule has 1 aromatic carbocycles. The Bertz CT molecular complexity index is 352. The van der Waals surface area contributed by atoms with Crippen molar-refractivity contribution in [1.82, 2.24) is 0 Å². The monoisotopic (exact) mass is 287 g/mol. The molecule has 0 heterocycles. The van der Waals surface area contributed by atoms with Gasteiger partial charge in [0.15, 0.2) is 0 Å². The molecule has 0 bridgehead atoms. The first-order valence-corrected chi connectivity index (χ1v) is 5.07. The zero-order chi connectivity index (χ0) is 12.8. The highest BCUT2D eigenvalue weighted by Gasteiger charge is 2.12. The molecule has 0 aliphatic heterocycles. The molecule has 1 rings (SSSR count). The van der Waals surface area contributed by atoms with E-state index in [0.29, 0.717) is 5.56 Å². The van der Waals surface area contributed by atoms with E-state index < -0.39 is 19.1 Å². The number of nitrogens with two attached hydrogens (primary N) is 1. The summed E-state index contributed by atoms with van der Waals surface area (Å²) in [5, 5.41) is 0. The summed E-state index contributed by atoms with van der Waals surface area (Å²) in [6.45, 7) is -2.91. The third kappa shape index (κ3) is 6.07. The van der Waals surface area contributed by atoms with Crippen molar-refractivity contribution in [3.05, 3.63) is 29.8 Å². The molecule has 1 aromatic rings. The second kappa shape index (κ2) is 8.16. The van der Waals surface area contributed by atoms with Crippen molar-refractivity contribution >= 4 is 12.4 Å². The number of hydrogen-bond acceptors (Lipinski definition) is 2. The number of halogens is 5. The molecule has 0 aliphatic carbocycles. The van der Waals surface area contributed by atoms with Crippen LogP contribution in [0.3, 0.4) is 0 Å². The van der Waals surface area contributed by atoms with E-state index in [9.17, 15) is 17.6 Å². The maximum atomic E-state index is 12.0. The molecule has 1 unspecified atom stereocenters. The van der Waals surface area contributed by atoms with Crippen LogP contribution in [0.4, 0.5) is 17.6 Å². The van der Waals surface area contributed by atoms with Crippen molar-refractivity contribution in [2.45, 2.75) is 31.9 Å². The van der Waals surface area contributed by atoms with E-state index in [1.807, 2.05) is 0 Å². The molecule has 104 valence electrons. The Morgan fingerprint density at radius 2 is 1.78 bits per heavy atom. The van der Waals surface area contributed by atoms with Crippen LogP contribution in [0.15, 0.2) is 24.3 Å². The standard InChI is InChI=1S/C11H13F4NO.ClH/c12-10(13)5-4-9(16)7-2-1-3-8(6-7)17-11(14)15;/h1-3,6,9-11H,4-5,16H2;1H. The minimum Gasteiger partial charge on any atom is -0.435 e.